The minimum Gasteiger partial charge on any atom is -0.393 e. The molecule has 0 unspecified atom stereocenters. The summed E-state index contributed by atoms with van der Waals surface area (Å²) in [7, 11) is 0. The number of aliphatic hydroxyl groups is 1. The third-order valence-corrected chi connectivity index (χ3v) is 1.24. The van der Waals surface area contributed by atoms with Gasteiger partial charge in [0.1, 0.15) is 0 Å². The summed E-state index contributed by atoms with van der Waals surface area (Å²) >= 11 is 0. The molecule has 0 aliphatic heterocycles. The van der Waals surface area contributed by atoms with E-state index < -0.39 is 0 Å². The van der Waals surface area contributed by atoms with E-state index >= 15 is 0 Å². The summed E-state index contributed by atoms with van der Waals surface area (Å²) in [5.41, 5.74) is 0. The van der Waals surface area contributed by atoms with E-state index in [2.05, 4.69) is 0 Å². The largest absolute Gasteiger partial charge is 0.393 e. The Balaban J connectivity index is 3.35. The summed E-state index contributed by atoms with van der Waals surface area (Å²) in [6.07, 6.45) is 0.0900. The summed E-state index contributed by atoms with van der Waals surface area (Å²) in [5.74, 6) is 0.111. The van der Waals surface area contributed by atoms with Crippen LogP contribution in [0.3, 0.4) is 0 Å². The number of hydrogen-bond acceptors (Lipinski definition) is 2. The second-order valence-electron chi connectivity index (χ2n) is 2.08. The summed E-state index contributed by atoms with van der Waals surface area (Å²) in [6.45, 7) is 3.55. The molecule has 0 rings (SSSR count). The highest BCUT2D eigenvalue weighted by atomic mass is 16.3. The van der Waals surface area contributed by atoms with Gasteiger partial charge < -0.3 is 5.11 Å². The molecule has 0 radical (unpaired) electrons. The Bertz CT molecular complexity index is 93.2. The lowest BCUT2D eigenvalue weighted by Crippen LogP contribution is -2.11. The van der Waals surface area contributed by atoms with Crippen molar-refractivity contribution in [2.24, 2.45) is 5.92 Å². The van der Waals surface area contributed by atoms with Gasteiger partial charge in [-0.2, -0.15) is 5.26 Å². The van der Waals surface area contributed by atoms with Crippen LogP contribution in [0, 0.1) is 17.2 Å². The Morgan fingerprint density at radius 1 is 1.62 bits per heavy atom. The first-order valence-corrected chi connectivity index (χ1v) is 2.73. The van der Waals surface area contributed by atoms with Crippen LogP contribution in [0.25, 0.3) is 0 Å². The van der Waals surface area contributed by atoms with E-state index in [-0.39, 0.29) is 12.0 Å². The monoisotopic (exact) mass is 113 g/mol. The van der Waals surface area contributed by atoms with Crippen LogP contribution in [0.2, 0.25) is 0 Å². The molecule has 0 saturated carbocycles. The van der Waals surface area contributed by atoms with E-state index in [0.29, 0.717) is 6.42 Å². The van der Waals surface area contributed by atoms with Gasteiger partial charge in [-0.05, 0) is 12.8 Å². The number of nitrogens with zero attached hydrogens (tertiary/aromatic N) is 1. The highest BCUT2D eigenvalue weighted by molar-refractivity contribution is 4.75. The summed E-state index contributed by atoms with van der Waals surface area (Å²) in [6, 6.07) is 1.99. The van der Waals surface area contributed by atoms with Crippen molar-refractivity contribution < 1.29 is 5.11 Å². The molecule has 0 bridgehead atoms. The Hall–Kier alpha value is -0.550. The predicted octanol–water partition coefficient (Wildman–Crippen LogP) is 0.917. The molecule has 1 N–H and O–H groups in total. The van der Waals surface area contributed by atoms with E-state index in [1.807, 2.05) is 13.0 Å². The van der Waals surface area contributed by atoms with E-state index in [1.165, 1.54) is 0 Å². The molecule has 0 amide bonds. The average molecular weight is 113 g/mol. The number of nitriles is 1. The standard InChI is InChI=1S/C6H11NO/c1-5(3-4-7)6(2)8/h5-6,8H,3H2,1-2H3/t5-,6-/m1/s1. The fourth-order valence-electron chi connectivity index (χ4n) is 0.315. The van der Waals surface area contributed by atoms with Crippen LogP contribution < -0.4 is 0 Å². The third kappa shape index (κ3) is 2.59. The molecule has 0 fully saturated rings. The van der Waals surface area contributed by atoms with Crippen molar-refractivity contribution in [3.63, 3.8) is 0 Å². The molecule has 8 heavy (non-hydrogen) atoms. The second-order valence-corrected chi connectivity index (χ2v) is 2.08. The number of aliphatic hydroxyl groups excluding tert-OH is 1. The van der Waals surface area contributed by atoms with Crippen LogP contribution in [-0.4, -0.2) is 11.2 Å². The van der Waals surface area contributed by atoms with Gasteiger partial charge in [-0.15, -0.1) is 0 Å². The molecular formula is C6H11NO. The van der Waals surface area contributed by atoms with Crippen LogP contribution in [0.5, 0.6) is 0 Å². The van der Waals surface area contributed by atoms with Gasteiger partial charge in [0.05, 0.1) is 12.2 Å². The highest BCUT2D eigenvalue weighted by Gasteiger charge is 2.05. The summed E-state index contributed by atoms with van der Waals surface area (Å²) in [5, 5.41) is 16.9. The maximum atomic E-state index is 8.80. The van der Waals surface area contributed by atoms with Gasteiger partial charge in [0.25, 0.3) is 0 Å². The molecule has 0 heterocycles. The first-order chi connectivity index (χ1) is 3.68. The van der Waals surface area contributed by atoms with Crippen LogP contribution in [0.1, 0.15) is 20.3 Å². The number of hydrogen-bond donors (Lipinski definition) is 1. The first kappa shape index (κ1) is 7.45. The van der Waals surface area contributed by atoms with Crippen molar-refractivity contribution in [1.82, 2.24) is 0 Å². The first-order valence-electron chi connectivity index (χ1n) is 2.73. The van der Waals surface area contributed by atoms with Gasteiger partial charge in [-0.1, -0.05) is 6.92 Å². The van der Waals surface area contributed by atoms with Crippen molar-refractivity contribution in [2.45, 2.75) is 26.4 Å². The van der Waals surface area contributed by atoms with Crippen LogP contribution >= 0.6 is 0 Å². The molecule has 0 aromatic carbocycles. The highest BCUT2D eigenvalue weighted by Crippen LogP contribution is 2.04. The van der Waals surface area contributed by atoms with Gasteiger partial charge >= 0.3 is 0 Å². The van der Waals surface area contributed by atoms with Gasteiger partial charge in [-0.25, -0.2) is 0 Å². The van der Waals surface area contributed by atoms with Gasteiger partial charge in [0.2, 0.25) is 0 Å². The minimum absolute atomic E-state index is 0.111. The fraction of sp³-hybridized carbons (Fsp3) is 0.833. The normalized spacial score (nSPS) is 16.8. The fourth-order valence-corrected chi connectivity index (χ4v) is 0.315. The molecule has 2 nitrogen and oxygen atoms in total. The maximum Gasteiger partial charge on any atom is 0.0625 e. The molecule has 46 valence electrons. The molecular weight excluding hydrogens is 102 g/mol. The van der Waals surface area contributed by atoms with Crippen molar-refractivity contribution in [3.8, 4) is 6.07 Å². The third-order valence-electron chi connectivity index (χ3n) is 1.24. The van der Waals surface area contributed by atoms with Crippen LogP contribution in [-0.2, 0) is 0 Å². The molecule has 0 saturated heterocycles. The summed E-state index contributed by atoms with van der Waals surface area (Å²) in [4.78, 5) is 0. The van der Waals surface area contributed by atoms with E-state index in [0.717, 1.165) is 0 Å². The van der Waals surface area contributed by atoms with Crippen LogP contribution in [0.4, 0.5) is 0 Å². The Morgan fingerprint density at radius 2 is 2.12 bits per heavy atom. The molecule has 2 heteroatoms. The minimum atomic E-state index is -0.352. The van der Waals surface area contributed by atoms with Crippen molar-refractivity contribution in [2.75, 3.05) is 0 Å². The average Bonchev–Trinajstić information content (AvgIpc) is 1.67. The smallest absolute Gasteiger partial charge is 0.0625 e. The molecule has 0 aromatic rings. The van der Waals surface area contributed by atoms with Crippen LogP contribution in [0.15, 0.2) is 0 Å². The second kappa shape index (κ2) is 3.45. The van der Waals surface area contributed by atoms with Crippen molar-refractivity contribution in [3.05, 3.63) is 0 Å². The number of rotatable bonds is 2. The van der Waals surface area contributed by atoms with E-state index in [1.54, 1.807) is 6.92 Å². The van der Waals surface area contributed by atoms with Gasteiger partial charge in [0.15, 0.2) is 0 Å². The predicted molar refractivity (Wildman–Crippen MR) is 31.1 cm³/mol. The van der Waals surface area contributed by atoms with Crippen molar-refractivity contribution >= 4 is 0 Å². The zero-order valence-electron chi connectivity index (χ0n) is 5.26. The topological polar surface area (TPSA) is 44.0 Å². The van der Waals surface area contributed by atoms with Crippen molar-refractivity contribution in [1.29, 1.82) is 5.26 Å². The molecule has 2 atom stereocenters. The molecule has 0 aliphatic carbocycles. The maximum absolute atomic E-state index is 8.80. The SMILES string of the molecule is C[C@H](CC#N)[C@@H](C)O. The van der Waals surface area contributed by atoms with Gasteiger partial charge in [0, 0.05) is 6.42 Å². The molecule has 0 aliphatic rings. The zero-order valence-corrected chi connectivity index (χ0v) is 5.26. The quantitative estimate of drug-likeness (QED) is 0.578. The Morgan fingerprint density at radius 3 is 2.25 bits per heavy atom. The van der Waals surface area contributed by atoms with Gasteiger partial charge in [-0.3, -0.25) is 0 Å². The molecule has 0 spiro atoms. The van der Waals surface area contributed by atoms with E-state index in [4.69, 9.17) is 10.4 Å². The van der Waals surface area contributed by atoms with E-state index in [9.17, 15) is 0 Å². The lowest BCUT2D eigenvalue weighted by molar-refractivity contribution is 0.137. The summed E-state index contributed by atoms with van der Waals surface area (Å²) < 4.78 is 0. The Labute approximate surface area is 49.8 Å². The molecule has 0 aromatic heterocycles. The lowest BCUT2D eigenvalue weighted by Gasteiger charge is -2.08. The Kier molecular flexibility index (Phi) is 3.21. The zero-order chi connectivity index (χ0) is 6.57. The lowest BCUT2D eigenvalue weighted by atomic mass is 10.0.